The highest BCUT2D eigenvalue weighted by molar-refractivity contribution is 7.91. The Labute approximate surface area is 184 Å². The molecule has 2 aliphatic rings. The van der Waals surface area contributed by atoms with Crippen LogP contribution in [-0.2, 0) is 21.2 Å². The van der Waals surface area contributed by atoms with Crippen LogP contribution in [0.3, 0.4) is 0 Å². The highest BCUT2D eigenvalue weighted by Gasteiger charge is 2.38. The molecular formula is C22H31Cl2NO3S. The van der Waals surface area contributed by atoms with E-state index in [1.54, 1.807) is 17.0 Å². The molecule has 0 N–H and O–H groups in total. The van der Waals surface area contributed by atoms with Gasteiger partial charge in [0.25, 0.3) is 0 Å². The molecule has 0 bridgehead atoms. The van der Waals surface area contributed by atoms with Crippen molar-refractivity contribution >= 4 is 38.9 Å². The summed E-state index contributed by atoms with van der Waals surface area (Å²) in [4.78, 5) is 15.2. The molecule has 1 heterocycles. The predicted octanol–water partition coefficient (Wildman–Crippen LogP) is 5.51. The quantitative estimate of drug-likeness (QED) is 0.540. The minimum Gasteiger partial charge on any atom is -0.334 e. The third-order valence-corrected chi connectivity index (χ3v) is 8.79. The number of unbranched alkanes of at least 4 members (excludes halogenated alkanes) is 1. The highest BCUT2D eigenvalue weighted by Crippen LogP contribution is 2.35. The second-order valence-corrected chi connectivity index (χ2v) is 11.7. The summed E-state index contributed by atoms with van der Waals surface area (Å²) >= 11 is 12.4. The lowest BCUT2D eigenvalue weighted by atomic mass is 9.79. The van der Waals surface area contributed by atoms with Crippen molar-refractivity contribution < 1.29 is 13.2 Å². The van der Waals surface area contributed by atoms with Gasteiger partial charge >= 0.3 is 0 Å². The van der Waals surface area contributed by atoms with E-state index in [4.69, 9.17) is 23.2 Å². The number of sulfone groups is 1. The van der Waals surface area contributed by atoms with Crippen LogP contribution >= 0.6 is 23.2 Å². The number of carbonyl (C=O) groups is 1. The molecule has 0 unspecified atom stereocenters. The van der Waals surface area contributed by atoms with Crippen molar-refractivity contribution in [1.29, 1.82) is 0 Å². The number of hydrogen-bond acceptors (Lipinski definition) is 3. The Kier molecular flexibility index (Phi) is 7.91. The zero-order valence-electron chi connectivity index (χ0n) is 17.1. The van der Waals surface area contributed by atoms with Crippen LogP contribution < -0.4 is 0 Å². The molecule has 0 radical (unpaired) electrons. The van der Waals surface area contributed by atoms with Crippen LogP contribution in [0.15, 0.2) is 18.2 Å². The summed E-state index contributed by atoms with van der Waals surface area (Å²) in [6.45, 7) is 2.55. The summed E-state index contributed by atoms with van der Waals surface area (Å²) in [5.41, 5.74) is 0.811. The molecule has 1 saturated carbocycles. The van der Waals surface area contributed by atoms with E-state index in [0.29, 0.717) is 23.0 Å². The Balaban J connectivity index is 1.73. The third-order valence-electron chi connectivity index (χ3n) is 6.45. The Hall–Kier alpha value is -0.780. The van der Waals surface area contributed by atoms with E-state index in [2.05, 4.69) is 6.92 Å². The van der Waals surface area contributed by atoms with Crippen LogP contribution in [0.25, 0.3) is 0 Å². The van der Waals surface area contributed by atoms with E-state index < -0.39 is 9.84 Å². The smallest absolute Gasteiger partial charge is 0.226 e. The fourth-order valence-corrected chi connectivity index (χ4v) is 6.87. The lowest BCUT2D eigenvalue weighted by molar-refractivity contribution is -0.139. The third kappa shape index (κ3) is 6.11. The molecule has 0 spiro atoms. The van der Waals surface area contributed by atoms with Crippen LogP contribution in [0.1, 0.15) is 63.9 Å². The van der Waals surface area contributed by atoms with Crippen molar-refractivity contribution in [3.05, 3.63) is 33.8 Å². The molecule has 29 heavy (non-hydrogen) atoms. The lowest BCUT2D eigenvalue weighted by Gasteiger charge is -2.35. The average Bonchev–Trinajstić information content (AvgIpc) is 3.05. The molecule has 1 aromatic rings. The van der Waals surface area contributed by atoms with Crippen LogP contribution in [0.4, 0.5) is 0 Å². The van der Waals surface area contributed by atoms with Gasteiger partial charge in [-0.05, 0) is 55.7 Å². The minimum atomic E-state index is -3.08. The van der Waals surface area contributed by atoms with Gasteiger partial charge in [-0.15, -0.1) is 0 Å². The summed E-state index contributed by atoms with van der Waals surface area (Å²) in [5, 5.41) is 1.06. The zero-order chi connectivity index (χ0) is 21.0. The fraction of sp³-hybridized carbons (Fsp3) is 0.682. The lowest BCUT2D eigenvalue weighted by Crippen LogP contribution is -2.44. The van der Waals surface area contributed by atoms with E-state index in [1.165, 1.54) is 19.3 Å². The molecule has 1 aliphatic heterocycles. The van der Waals surface area contributed by atoms with E-state index in [1.807, 2.05) is 6.07 Å². The molecule has 7 heteroatoms. The van der Waals surface area contributed by atoms with E-state index in [9.17, 15) is 13.2 Å². The van der Waals surface area contributed by atoms with Gasteiger partial charge in [0.2, 0.25) is 5.91 Å². The Bertz CT molecular complexity index is 819. The average molecular weight is 460 g/mol. The number of hydrogen-bond donors (Lipinski definition) is 0. The Morgan fingerprint density at radius 1 is 1.14 bits per heavy atom. The Morgan fingerprint density at radius 3 is 2.45 bits per heavy atom. The molecule has 1 aliphatic carbocycles. The van der Waals surface area contributed by atoms with Crippen molar-refractivity contribution in [1.82, 2.24) is 4.90 Å². The molecule has 2 fully saturated rings. The van der Waals surface area contributed by atoms with Gasteiger partial charge in [0.05, 0.1) is 11.5 Å². The van der Waals surface area contributed by atoms with Gasteiger partial charge in [0.15, 0.2) is 9.84 Å². The normalized spacial score (nSPS) is 26.4. The second-order valence-electron chi connectivity index (χ2n) is 8.62. The first-order chi connectivity index (χ1) is 13.8. The number of nitrogens with zero attached hydrogens (tertiary/aromatic N) is 1. The van der Waals surface area contributed by atoms with Crippen LogP contribution in [0, 0.1) is 11.8 Å². The standard InChI is InChI=1S/C22H31Cl2NO3S/c1-2-3-4-16-5-7-17(8-6-16)22(26)25(20-11-12-29(27,28)15-20)14-18-9-10-19(23)13-21(18)24/h9-10,13,16-17,20H,2-8,11-12,14-15H2,1H3/t16?,17?,20-/m1/s1. The van der Waals surface area contributed by atoms with Gasteiger partial charge in [0, 0.05) is 28.5 Å². The van der Waals surface area contributed by atoms with Gasteiger partial charge in [-0.1, -0.05) is 55.5 Å². The predicted molar refractivity (Wildman–Crippen MR) is 119 cm³/mol. The number of rotatable bonds is 7. The molecule has 1 atom stereocenters. The van der Waals surface area contributed by atoms with Crippen molar-refractivity contribution in [3.8, 4) is 0 Å². The van der Waals surface area contributed by atoms with Crippen LogP contribution in [-0.4, -0.2) is 36.8 Å². The molecular weight excluding hydrogens is 429 g/mol. The Morgan fingerprint density at radius 2 is 1.86 bits per heavy atom. The monoisotopic (exact) mass is 459 g/mol. The first kappa shape index (κ1) is 22.9. The summed E-state index contributed by atoms with van der Waals surface area (Å²) < 4.78 is 24.1. The number of amides is 1. The van der Waals surface area contributed by atoms with Crippen molar-refractivity contribution in [3.63, 3.8) is 0 Å². The summed E-state index contributed by atoms with van der Waals surface area (Å²) in [6.07, 6.45) is 8.21. The summed E-state index contributed by atoms with van der Waals surface area (Å²) in [7, 11) is -3.08. The maximum Gasteiger partial charge on any atom is 0.226 e. The van der Waals surface area contributed by atoms with Gasteiger partial charge in [0.1, 0.15) is 0 Å². The molecule has 3 rings (SSSR count). The maximum absolute atomic E-state index is 13.5. The van der Waals surface area contributed by atoms with E-state index in [0.717, 1.165) is 37.2 Å². The van der Waals surface area contributed by atoms with Gasteiger partial charge in [-0.25, -0.2) is 8.42 Å². The SMILES string of the molecule is CCCCC1CCC(C(=O)N(Cc2ccc(Cl)cc2Cl)[C@@H]2CCS(=O)(=O)C2)CC1. The molecule has 0 aromatic heterocycles. The number of carbonyl (C=O) groups excluding carboxylic acids is 1. The highest BCUT2D eigenvalue weighted by atomic mass is 35.5. The zero-order valence-corrected chi connectivity index (χ0v) is 19.4. The van der Waals surface area contributed by atoms with Crippen LogP contribution in [0.2, 0.25) is 10.0 Å². The molecule has 4 nitrogen and oxygen atoms in total. The van der Waals surface area contributed by atoms with E-state index in [-0.39, 0.29) is 29.4 Å². The van der Waals surface area contributed by atoms with Crippen LogP contribution in [0.5, 0.6) is 0 Å². The topological polar surface area (TPSA) is 54.5 Å². The van der Waals surface area contributed by atoms with E-state index >= 15 is 0 Å². The van der Waals surface area contributed by atoms with Crippen molar-refractivity contribution in [2.45, 2.75) is 70.9 Å². The summed E-state index contributed by atoms with van der Waals surface area (Å²) in [5.74, 6) is 1.01. The number of halogens is 2. The minimum absolute atomic E-state index is 0.0118. The number of benzene rings is 1. The largest absolute Gasteiger partial charge is 0.334 e. The molecule has 1 saturated heterocycles. The maximum atomic E-state index is 13.5. The molecule has 1 amide bonds. The fourth-order valence-electron chi connectivity index (χ4n) is 4.67. The first-order valence-corrected chi connectivity index (χ1v) is 13.3. The molecule has 162 valence electrons. The summed E-state index contributed by atoms with van der Waals surface area (Å²) in [6, 6.07) is 4.99. The van der Waals surface area contributed by atoms with Gasteiger partial charge < -0.3 is 4.90 Å². The second kappa shape index (κ2) is 10.0. The van der Waals surface area contributed by atoms with Crippen molar-refractivity contribution in [2.75, 3.05) is 11.5 Å². The van der Waals surface area contributed by atoms with Gasteiger partial charge in [-0.3, -0.25) is 4.79 Å². The molecule has 1 aromatic carbocycles. The first-order valence-electron chi connectivity index (χ1n) is 10.7. The van der Waals surface area contributed by atoms with Gasteiger partial charge in [-0.2, -0.15) is 0 Å². The van der Waals surface area contributed by atoms with Crippen molar-refractivity contribution in [2.24, 2.45) is 11.8 Å².